The fraction of sp³-hybridized carbons (Fsp3) is 0.0625. The number of benzene rings is 1. The maximum absolute atomic E-state index is 12.7. The molecule has 4 aromatic rings. The molecule has 0 radical (unpaired) electrons. The van der Waals surface area contributed by atoms with Gasteiger partial charge in [-0.25, -0.2) is 4.40 Å². The second kappa shape index (κ2) is 5.15. The lowest BCUT2D eigenvalue weighted by Gasteiger charge is -2.00. The largest absolute Gasteiger partial charge is 0.276 e. The van der Waals surface area contributed by atoms with Crippen molar-refractivity contribution in [3.05, 3.63) is 67.1 Å². The third-order valence-corrected chi connectivity index (χ3v) is 5.23. The number of thiophene rings is 1. The molecule has 0 saturated carbocycles. The van der Waals surface area contributed by atoms with Crippen LogP contribution in [0.25, 0.3) is 22.4 Å². The second-order valence-electron chi connectivity index (χ2n) is 4.89. The molecule has 0 spiro atoms. The molecule has 3 aromatic heterocycles. The molecule has 0 N–H and O–H groups in total. The number of thiazole rings is 1. The second-order valence-corrected chi connectivity index (χ2v) is 6.88. The van der Waals surface area contributed by atoms with Gasteiger partial charge in [0.1, 0.15) is 0 Å². The first-order chi connectivity index (χ1) is 10.7. The molecule has 0 fully saturated rings. The highest BCUT2D eigenvalue weighted by Crippen LogP contribution is 2.21. The van der Waals surface area contributed by atoms with Gasteiger partial charge >= 0.3 is 0 Å². The number of nitrogens with zero attached hydrogens (tertiary/aromatic N) is 3. The van der Waals surface area contributed by atoms with E-state index in [1.165, 1.54) is 11.3 Å². The minimum atomic E-state index is -0.0587. The minimum absolute atomic E-state index is 0.0587. The highest BCUT2D eigenvalue weighted by Gasteiger charge is 2.15. The quantitative estimate of drug-likeness (QED) is 0.569. The minimum Gasteiger partial charge on any atom is -0.267 e. The molecule has 1 aromatic carbocycles. The Morgan fingerprint density at radius 2 is 2.00 bits per heavy atom. The van der Waals surface area contributed by atoms with Crippen LogP contribution < -0.4 is 10.1 Å². The molecule has 0 aliphatic heterocycles. The number of aryl methyl sites for hydroxylation is 1. The van der Waals surface area contributed by atoms with Crippen molar-refractivity contribution >= 4 is 33.7 Å². The lowest BCUT2D eigenvalue weighted by atomic mass is 10.1. The van der Waals surface area contributed by atoms with Crippen LogP contribution in [0, 0.1) is 6.92 Å². The number of rotatable bonds is 2. The normalized spacial score (nSPS) is 12.3. The first kappa shape index (κ1) is 13.4. The fourth-order valence-corrected chi connectivity index (χ4v) is 4.00. The van der Waals surface area contributed by atoms with Gasteiger partial charge in [0.15, 0.2) is 5.82 Å². The monoisotopic (exact) mass is 325 g/mol. The molecule has 0 saturated heterocycles. The highest BCUT2D eigenvalue weighted by atomic mass is 32.1. The Labute approximate surface area is 134 Å². The van der Waals surface area contributed by atoms with Crippen LogP contribution in [0.1, 0.15) is 10.4 Å². The van der Waals surface area contributed by atoms with Crippen molar-refractivity contribution in [3.63, 3.8) is 0 Å². The predicted octanol–water partition coefficient (Wildman–Crippen LogP) is 2.74. The zero-order chi connectivity index (χ0) is 15.1. The Bertz CT molecular complexity index is 1060. The van der Waals surface area contributed by atoms with E-state index < -0.39 is 0 Å². The number of aromatic nitrogens is 3. The van der Waals surface area contributed by atoms with E-state index in [2.05, 4.69) is 10.2 Å². The van der Waals surface area contributed by atoms with Crippen LogP contribution in [0.3, 0.4) is 0 Å². The van der Waals surface area contributed by atoms with Gasteiger partial charge in [-0.3, -0.25) is 4.79 Å². The zero-order valence-corrected chi connectivity index (χ0v) is 13.3. The number of hydrogen-bond acceptors (Lipinski definition) is 5. The summed E-state index contributed by atoms with van der Waals surface area (Å²) in [5.74, 6) is 0.611. The van der Waals surface area contributed by atoms with E-state index in [0.29, 0.717) is 15.3 Å². The Morgan fingerprint density at radius 3 is 2.77 bits per heavy atom. The zero-order valence-electron chi connectivity index (χ0n) is 11.7. The maximum atomic E-state index is 12.7. The molecule has 0 unspecified atom stereocenters. The first-order valence-corrected chi connectivity index (χ1v) is 8.43. The standard InChI is InChI=1S/C16H11N3OS2/c1-10-5-2-3-7-12(10)14-17-18-16-19(14)15(20)13(22-16)9-11-6-4-8-21-11/h2-9H,1H3/b13-9-. The molecule has 0 amide bonds. The van der Waals surface area contributed by atoms with Gasteiger partial charge in [0.25, 0.3) is 5.56 Å². The third kappa shape index (κ3) is 2.08. The van der Waals surface area contributed by atoms with Crippen molar-refractivity contribution in [1.29, 1.82) is 0 Å². The third-order valence-electron chi connectivity index (χ3n) is 3.45. The summed E-state index contributed by atoms with van der Waals surface area (Å²) in [6.07, 6.45) is 1.91. The summed E-state index contributed by atoms with van der Waals surface area (Å²) >= 11 is 2.98. The van der Waals surface area contributed by atoms with Crippen LogP contribution in [0.2, 0.25) is 0 Å². The summed E-state index contributed by atoms with van der Waals surface area (Å²) in [6, 6.07) is 11.8. The number of fused-ring (bicyclic) bond motifs is 1. The van der Waals surface area contributed by atoms with E-state index >= 15 is 0 Å². The molecule has 22 heavy (non-hydrogen) atoms. The fourth-order valence-electron chi connectivity index (χ4n) is 2.36. The summed E-state index contributed by atoms with van der Waals surface area (Å²) in [4.78, 5) is 14.4. The van der Waals surface area contributed by atoms with E-state index in [-0.39, 0.29) is 5.56 Å². The van der Waals surface area contributed by atoms with Gasteiger partial charge in [-0.2, -0.15) is 0 Å². The average Bonchev–Trinajstić information content (AvgIpc) is 3.21. The predicted molar refractivity (Wildman–Crippen MR) is 90.4 cm³/mol. The van der Waals surface area contributed by atoms with E-state index in [0.717, 1.165) is 16.0 Å². The van der Waals surface area contributed by atoms with Crippen LogP contribution in [0.15, 0.2) is 46.6 Å². The van der Waals surface area contributed by atoms with Gasteiger partial charge in [-0.1, -0.05) is 41.7 Å². The summed E-state index contributed by atoms with van der Waals surface area (Å²) in [5, 5.41) is 10.4. The van der Waals surface area contributed by atoms with Crippen molar-refractivity contribution in [2.75, 3.05) is 0 Å². The van der Waals surface area contributed by atoms with E-state index in [4.69, 9.17) is 0 Å². The SMILES string of the molecule is Cc1ccccc1-c1nnc2s/c(=C\c3cccs3)c(=O)n12. The van der Waals surface area contributed by atoms with Crippen molar-refractivity contribution < 1.29 is 0 Å². The molecule has 3 heterocycles. The van der Waals surface area contributed by atoms with Crippen molar-refractivity contribution in [2.45, 2.75) is 6.92 Å². The average molecular weight is 325 g/mol. The van der Waals surface area contributed by atoms with Crippen molar-refractivity contribution in [2.24, 2.45) is 0 Å². The smallest absolute Gasteiger partial charge is 0.267 e. The topological polar surface area (TPSA) is 47.3 Å². The molecule has 0 aliphatic rings. The van der Waals surface area contributed by atoms with E-state index in [9.17, 15) is 4.79 Å². The summed E-state index contributed by atoms with van der Waals surface area (Å²) in [7, 11) is 0. The molecule has 0 bridgehead atoms. The van der Waals surface area contributed by atoms with Crippen LogP contribution >= 0.6 is 22.7 Å². The van der Waals surface area contributed by atoms with Gasteiger partial charge in [-0.15, -0.1) is 21.5 Å². The van der Waals surface area contributed by atoms with Gasteiger partial charge in [0.05, 0.1) is 4.53 Å². The van der Waals surface area contributed by atoms with Gasteiger partial charge in [0, 0.05) is 10.4 Å². The van der Waals surface area contributed by atoms with E-state index in [1.807, 2.05) is 54.8 Å². The lowest BCUT2D eigenvalue weighted by molar-refractivity contribution is 1.09. The molecule has 0 atom stereocenters. The Morgan fingerprint density at radius 1 is 1.14 bits per heavy atom. The Kier molecular flexibility index (Phi) is 3.13. The summed E-state index contributed by atoms with van der Waals surface area (Å²) < 4.78 is 2.29. The molecule has 108 valence electrons. The van der Waals surface area contributed by atoms with E-state index in [1.54, 1.807) is 15.7 Å². The molecular weight excluding hydrogens is 314 g/mol. The lowest BCUT2D eigenvalue weighted by Crippen LogP contribution is -2.23. The van der Waals surface area contributed by atoms with Crippen LogP contribution in [0.4, 0.5) is 0 Å². The molecule has 4 rings (SSSR count). The Hall–Kier alpha value is -2.31. The first-order valence-electron chi connectivity index (χ1n) is 6.73. The maximum Gasteiger partial charge on any atom is 0.276 e. The van der Waals surface area contributed by atoms with Gasteiger partial charge < -0.3 is 0 Å². The highest BCUT2D eigenvalue weighted by molar-refractivity contribution is 7.15. The summed E-state index contributed by atoms with van der Waals surface area (Å²) in [5.41, 5.74) is 1.95. The molecule has 0 aliphatic carbocycles. The van der Waals surface area contributed by atoms with Gasteiger partial charge in [-0.05, 0) is 30.0 Å². The molecule has 4 nitrogen and oxygen atoms in total. The molecular formula is C16H11N3OS2. The van der Waals surface area contributed by atoms with Crippen molar-refractivity contribution in [1.82, 2.24) is 14.6 Å². The van der Waals surface area contributed by atoms with Crippen LogP contribution in [-0.2, 0) is 0 Å². The summed E-state index contributed by atoms with van der Waals surface area (Å²) in [6.45, 7) is 2.01. The van der Waals surface area contributed by atoms with Crippen molar-refractivity contribution in [3.8, 4) is 11.4 Å². The molecule has 6 heteroatoms. The van der Waals surface area contributed by atoms with Crippen LogP contribution in [0.5, 0.6) is 0 Å². The van der Waals surface area contributed by atoms with Gasteiger partial charge in [0.2, 0.25) is 4.96 Å². The number of hydrogen-bond donors (Lipinski definition) is 0. The Balaban J connectivity index is 1.99. The van der Waals surface area contributed by atoms with Crippen LogP contribution in [-0.4, -0.2) is 14.6 Å².